The molecule has 3 N–H and O–H groups in total. The van der Waals surface area contributed by atoms with Gasteiger partial charge in [0.15, 0.2) is 0 Å². The molecule has 4 nitrogen and oxygen atoms in total. The standard InChI is InChI=1S/C16H25N3O/c1-12(13-7-9-19(2)10-8-13)18-15-6-4-3-5-14(15)11-16(17)20/h3-6,12-13,18H,7-11H2,1-2H3,(H2,17,20). The quantitative estimate of drug-likeness (QED) is 0.862. The summed E-state index contributed by atoms with van der Waals surface area (Å²) in [6.07, 6.45) is 2.74. The van der Waals surface area contributed by atoms with Crippen molar-refractivity contribution in [2.45, 2.75) is 32.2 Å². The molecule has 1 aliphatic rings. The second kappa shape index (κ2) is 6.75. The summed E-state index contributed by atoms with van der Waals surface area (Å²) in [7, 11) is 2.18. The smallest absolute Gasteiger partial charge is 0.221 e. The third-order valence-electron chi connectivity index (χ3n) is 4.24. The van der Waals surface area contributed by atoms with Crippen LogP contribution in [0.1, 0.15) is 25.3 Å². The Balaban J connectivity index is 2.00. The first-order valence-corrected chi connectivity index (χ1v) is 7.37. The Morgan fingerprint density at radius 3 is 2.70 bits per heavy atom. The van der Waals surface area contributed by atoms with E-state index >= 15 is 0 Å². The summed E-state index contributed by atoms with van der Waals surface area (Å²) in [6, 6.07) is 8.36. The molecule has 1 amide bonds. The Hall–Kier alpha value is -1.55. The van der Waals surface area contributed by atoms with E-state index in [0.717, 1.165) is 11.3 Å². The Morgan fingerprint density at radius 2 is 2.05 bits per heavy atom. The van der Waals surface area contributed by atoms with Crippen LogP contribution in [-0.4, -0.2) is 37.0 Å². The molecule has 0 aliphatic carbocycles. The summed E-state index contributed by atoms with van der Waals surface area (Å²) < 4.78 is 0. The maximum atomic E-state index is 11.1. The summed E-state index contributed by atoms with van der Waals surface area (Å²) in [5, 5.41) is 3.57. The van der Waals surface area contributed by atoms with Gasteiger partial charge in [0.25, 0.3) is 0 Å². The highest BCUT2D eigenvalue weighted by Gasteiger charge is 2.22. The number of amides is 1. The van der Waals surface area contributed by atoms with E-state index in [4.69, 9.17) is 5.73 Å². The van der Waals surface area contributed by atoms with E-state index in [0.29, 0.717) is 18.4 Å². The average molecular weight is 275 g/mol. The van der Waals surface area contributed by atoms with Gasteiger partial charge in [0.2, 0.25) is 5.91 Å². The van der Waals surface area contributed by atoms with Crippen LogP contribution in [-0.2, 0) is 11.2 Å². The molecule has 110 valence electrons. The molecule has 1 fully saturated rings. The molecule has 1 aliphatic heterocycles. The van der Waals surface area contributed by atoms with Gasteiger partial charge in [-0.05, 0) is 57.5 Å². The average Bonchev–Trinajstić information content (AvgIpc) is 2.41. The third kappa shape index (κ3) is 3.97. The number of piperidine rings is 1. The van der Waals surface area contributed by atoms with Crippen LogP contribution in [0.15, 0.2) is 24.3 Å². The lowest BCUT2D eigenvalue weighted by molar-refractivity contribution is -0.117. The van der Waals surface area contributed by atoms with E-state index < -0.39 is 0 Å². The van der Waals surface area contributed by atoms with Gasteiger partial charge >= 0.3 is 0 Å². The number of hydrogen-bond acceptors (Lipinski definition) is 3. The molecule has 1 aromatic rings. The van der Waals surface area contributed by atoms with Crippen molar-refractivity contribution >= 4 is 11.6 Å². The maximum Gasteiger partial charge on any atom is 0.221 e. The number of nitrogens with zero attached hydrogens (tertiary/aromatic N) is 1. The van der Waals surface area contributed by atoms with Gasteiger partial charge in [0, 0.05) is 11.7 Å². The summed E-state index contributed by atoms with van der Waals surface area (Å²) in [6.45, 7) is 4.57. The van der Waals surface area contributed by atoms with E-state index in [9.17, 15) is 4.79 Å². The summed E-state index contributed by atoms with van der Waals surface area (Å²) >= 11 is 0. The molecular formula is C16H25N3O. The Kier molecular flexibility index (Phi) is 5.01. The van der Waals surface area contributed by atoms with E-state index in [1.165, 1.54) is 25.9 Å². The summed E-state index contributed by atoms with van der Waals surface area (Å²) in [4.78, 5) is 13.5. The van der Waals surface area contributed by atoms with Crippen molar-refractivity contribution in [2.24, 2.45) is 11.7 Å². The number of anilines is 1. The van der Waals surface area contributed by atoms with Crippen molar-refractivity contribution in [3.63, 3.8) is 0 Å². The lowest BCUT2D eigenvalue weighted by atomic mass is 9.90. The molecule has 4 heteroatoms. The number of para-hydroxylation sites is 1. The van der Waals surface area contributed by atoms with Crippen LogP contribution in [0.4, 0.5) is 5.69 Å². The normalized spacial score (nSPS) is 18.7. The Bertz CT molecular complexity index is 453. The van der Waals surface area contributed by atoms with Crippen molar-refractivity contribution in [1.82, 2.24) is 4.90 Å². The molecule has 20 heavy (non-hydrogen) atoms. The van der Waals surface area contributed by atoms with E-state index in [2.05, 4.69) is 24.2 Å². The van der Waals surface area contributed by atoms with Crippen LogP contribution in [0.5, 0.6) is 0 Å². The fraction of sp³-hybridized carbons (Fsp3) is 0.562. The number of likely N-dealkylation sites (tertiary alicyclic amines) is 1. The van der Waals surface area contributed by atoms with Crippen molar-refractivity contribution in [1.29, 1.82) is 0 Å². The SMILES string of the molecule is CC(Nc1ccccc1CC(N)=O)C1CCN(C)CC1. The zero-order chi connectivity index (χ0) is 14.5. The topological polar surface area (TPSA) is 58.4 Å². The third-order valence-corrected chi connectivity index (χ3v) is 4.24. The summed E-state index contributed by atoms with van der Waals surface area (Å²) in [5.41, 5.74) is 7.34. The molecule has 0 aromatic heterocycles. The number of nitrogens with one attached hydrogen (secondary N) is 1. The Morgan fingerprint density at radius 1 is 1.40 bits per heavy atom. The highest BCUT2D eigenvalue weighted by Crippen LogP contribution is 2.24. The highest BCUT2D eigenvalue weighted by atomic mass is 16.1. The lowest BCUT2D eigenvalue weighted by Crippen LogP contribution is -2.37. The molecule has 0 saturated carbocycles. The van der Waals surface area contributed by atoms with Crippen LogP contribution in [0.25, 0.3) is 0 Å². The number of benzene rings is 1. The van der Waals surface area contributed by atoms with Gasteiger partial charge in [-0.1, -0.05) is 18.2 Å². The van der Waals surface area contributed by atoms with Gasteiger partial charge in [-0.2, -0.15) is 0 Å². The van der Waals surface area contributed by atoms with E-state index in [1.807, 2.05) is 24.3 Å². The van der Waals surface area contributed by atoms with Gasteiger partial charge in [0.05, 0.1) is 6.42 Å². The molecule has 1 heterocycles. The Labute approximate surface area is 121 Å². The first-order valence-electron chi connectivity index (χ1n) is 7.37. The number of rotatable bonds is 5. The minimum atomic E-state index is -0.286. The van der Waals surface area contributed by atoms with Gasteiger partial charge in [0.1, 0.15) is 0 Å². The largest absolute Gasteiger partial charge is 0.382 e. The molecule has 0 bridgehead atoms. The van der Waals surface area contributed by atoms with Gasteiger partial charge in [-0.25, -0.2) is 0 Å². The molecule has 0 spiro atoms. The first-order chi connectivity index (χ1) is 9.56. The van der Waals surface area contributed by atoms with Crippen LogP contribution in [0.2, 0.25) is 0 Å². The number of nitrogens with two attached hydrogens (primary N) is 1. The molecule has 1 unspecified atom stereocenters. The first kappa shape index (κ1) is 14.9. The zero-order valence-corrected chi connectivity index (χ0v) is 12.4. The second-order valence-electron chi connectivity index (χ2n) is 5.87. The van der Waals surface area contributed by atoms with E-state index in [-0.39, 0.29) is 5.91 Å². The lowest BCUT2D eigenvalue weighted by Gasteiger charge is -2.33. The monoisotopic (exact) mass is 275 g/mol. The van der Waals surface area contributed by atoms with Crippen LogP contribution in [0, 0.1) is 5.92 Å². The molecule has 2 rings (SSSR count). The van der Waals surface area contributed by atoms with Crippen molar-refractivity contribution in [2.75, 3.05) is 25.5 Å². The van der Waals surface area contributed by atoms with Gasteiger partial charge < -0.3 is 16.0 Å². The zero-order valence-electron chi connectivity index (χ0n) is 12.4. The maximum absolute atomic E-state index is 11.1. The fourth-order valence-electron chi connectivity index (χ4n) is 2.89. The molecular weight excluding hydrogens is 250 g/mol. The predicted octanol–water partition coefficient (Wildman–Crippen LogP) is 1.86. The minimum Gasteiger partial charge on any atom is -0.382 e. The predicted molar refractivity (Wildman–Crippen MR) is 82.6 cm³/mol. The fourth-order valence-corrected chi connectivity index (χ4v) is 2.89. The summed E-state index contributed by atoms with van der Waals surface area (Å²) in [5.74, 6) is 0.402. The second-order valence-corrected chi connectivity index (χ2v) is 5.87. The number of hydrogen-bond donors (Lipinski definition) is 2. The van der Waals surface area contributed by atoms with Crippen molar-refractivity contribution in [3.05, 3.63) is 29.8 Å². The van der Waals surface area contributed by atoms with Crippen molar-refractivity contribution < 1.29 is 4.79 Å². The van der Waals surface area contributed by atoms with Crippen LogP contribution < -0.4 is 11.1 Å². The van der Waals surface area contributed by atoms with Crippen LogP contribution in [0.3, 0.4) is 0 Å². The van der Waals surface area contributed by atoms with Crippen LogP contribution >= 0.6 is 0 Å². The van der Waals surface area contributed by atoms with Gasteiger partial charge in [-0.3, -0.25) is 4.79 Å². The number of carbonyl (C=O) groups excluding carboxylic acids is 1. The molecule has 0 radical (unpaired) electrons. The highest BCUT2D eigenvalue weighted by molar-refractivity contribution is 5.78. The minimum absolute atomic E-state index is 0.286. The molecule has 1 aromatic carbocycles. The molecule has 1 atom stereocenters. The number of primary amides is 1. The van der Waals surface area contributed by atoms with Crippen molar-refractivity contribution in [3.8, 4) is 0 Å². The molecule has 1 saturated heterocycles. The van der Waals surface area contributed by atoms with Gasteiger partial charge in [-0.15, -0.1) is 0 Å². The van der Waals surface area contributed by atoms with E-state index in [1.54, 1.807) is 0 Å². The number of carbonyl (C=O) groups is 1.